The van der Waals surface area contributed by atoms with Crippen LogP contribution >= 0.6 is 0 Å². The number of carbonyl (C=O) groups excluding carboxylic acids is 1. The van der Waals surface area contributed by atoms with Gasteiger partial charge in [-0.05, 0) is 62.9 Å². The second kappa shape index (κ2) is 9.66. The first-order valence-corrected chi connectivity index (χ1v) is 12.9. The molecule has 8 nitrogen and oxygen atoms in total. The number of fused-ring (bicyclic) bond motifs is 1. The van der Waals surface area contributed by atoms with E-state index in [2.05, 4.69) is 50.2 Å². The van der Waals surface area contributed by atoms with E-state index in [1.807, 2.05) is 26.1 Å². The van der Waals surface area contributed by atoms with Gasteiger partial charge in [-0.2, -0.15) is 0 Å². The van der Waals surface area contributed by atoms with Crippen molar-refractivity contribution in [3.8, 4) is 0 Å². The van der Waals surface area contributed by atoms with Gasteiger partial charge in [0.1, 0.15) is 0 Å². The lowest BCUT2D eigenvalue weighted by Gasteiger charge is -2.40. The maximum absolute atomic E-state index is 14.2. The van der Waals surface area contributed by atoms with Gasteiger partial charge >= 0.3 is 0 Å². The molecule has 0 aromatic carbocycles. The molecule has 1 atom stereocenters. The number of hydrogen-bond acceptors (Lipinski definition) is 6. The van der Waals surface area contributed by atoms with Gasteiger partial charge in [-0.15, -0.1) is 0 Å². The molecule has 4 N–H and O–H groups in total. The van der Waals surface area contributed by atoms with Crippen LogP contribution in [0, 0.1) is 25.2 Å². The SMILES string of the molecule is Cc1cc(C)c(CNC(=O)C2(C3CCCC3)C=C(CN3CCN(C)CC3)C=C3NNC=C32)c(=O)[nH]1. The van der Waals surface area contributed by atoms with Crippen LogP contribution in [0.1, 0.15) is 42.5 Å². The summed E-state index contributed by atoms with van der Waals surface area (Å²) in [5, 5.41) is 3.18. The fourth-order valence-corrected chi connectivity index (χ4v) is 6.25. The van der Waals surface area contributed by atoms with E-state index in [0.717, 1.165) is 80.9 Å². The lowest BCUT2D eigenvalue weighted by atomic mass is 9.64. The molecule has 1 unspecified atom stereocenters. The molecule has 2 aliphatic carbocycles. The van der Waals surface area contributed by atoms with E-state index >= 15 is 0 Å². The third-order valence-electron chi connectivity index (χ3n) is 8.20. The number of nitrogens with one attached hydrogen (secondary N) is 4. The number of carbonyl (C=O) groups is 1. The van der Waals surface area contributed by atoms with E-state index < -0.39 is 5.41 Å². The molecule has 0 bridgehead atoms. The number of aromatic nitrogens is 1. The third kappa shape index (κ3) is 4.57. The minimum atomic E-state index is -0.746. The Bertz CT molecular complexity index is 1130. The van der Waals surface area contributed by atoms with Crippen molar-refractivity contribution in [2.45, 2.75) is 46.1 Å². The van der Waals surface area contributed by atoms with Crippen molar-refractivity contribution in [2.24, 2.45) is 11.3 Å². The number of hydrogen-bond donors (Lipinski definition) is 4. The summed E-state index contributed by atoms with van der Waals surface area (Å²) in [6, 6.07) is 1.96. The molecule has 1 amide bonds. The number of aryl methyl sites for hydroxylation is 2. The van der Waals surface area contributed by atoms with Gasteiger partial charge in [-0.1, -0.05) is 18.9 Å². The number of likely N-dealkylation sites (N-methyl/N-ethyl adjacent to an activating group) is 1. The topological polar surface area (TPSA) is 92.5 Å². The average molecular weight is 479 g/mol. The second-order valence-corrected chi connectivity index (χ2v) is 10.7. The molecule has 5 rings (SSSR count). The first kappa shape index (κ1) is 23.9. The highest BCUT2D eigenvalue weighted by molar-refractivity contribution is 5.91. The molecule has 2 fully saturated rings. The van der Waals surface area contributed by atoms with E-state index in [0.29, 0.717) is 5.56 Å². The molecule has 1 aromatic rings. The zero-order chi connectivity index (χ0) is 24.6. The molecule has 0 radical (unpaired) electrons. The number of amides is 1. The van der Waals surface area contributed by atoms with Crippen molar-refractivity contribution >= 4 is 5.91 Å². The molecule has 1 saturated heterocycles. The van der Waals surface area contributed by atoms with Crippen LogP contribution in [0.4, 0.5) is 0 Å². The number of allylic oxidation sites excluding steroid dienone is 1. The summed E-state index contributed by atoms with van der Waals surface area (Å²) < 4.78 is 0. The highest BCUT2D eigenvalue weighted by atomic mass is 16.2. The number of piperazine rings is 1. The van der Waals surface area contributed by atoms with E-state index in [1.165, 1.54) is 5.57 Å². The minimum Gasteiger partial charge on any atom is -0.351 e. The van der Waals surface area contributed by atoms with Crippen molar-refractivity contribution in [3.05, 3.63) is 68.4 Å². The Morgan fingerprint density at radius 3 is 2.63 bits per heavy atom. The third-order valence-corrected chi connectivity index (χ3v) is 8.20. The zero-order valence-corrected chi connectivity index (χ0v) is 21.2. The molecule has 8 heteroatoms. The molecule has 3 heterocycles. The van der Waals surface area contributed by atoms with Crippen molar-refractivity contribution in [3.63, 3.8) is 0 Å². The lowest BCUT2D eigenvalue weighted by Crippen LogP contribution is -2.48. The van der Waals surface area contributed by atoms with Gasteiger partial charge in [0.2, 0.25) is 5.91 Å². The number of hydrazine groups is 1. The predicted molar refractivity (Wildman–Crippen MR) is 137 cm³/mol. The first-order chi connectivity index (χ1) is 16.9. The van der Waals surface area contributed by atoms with Crippen LogP contribution in [0.2, 0.25) is 0 Å². The Morgan fingerprint density at radius 1 is 1.17 bits per heavy atom. The zero-order valence-electron chi connectivity index (χ0n) is 21.2. The Morgan fingerprint density at radius 2 is 1.91 bits per heavy atom. The molecule has 188 valence electrons. The number of rotatable bonds is 6. The van der Waals surface area contributed by atoms with Crippen LogP contribution in [0.15, 0.2) is 46.1 Å². The Balaban J connectivity index is 1.46. The Hall–Kier alpha value is -2.84. The normalized spacial score (nSPS) is 25.3. The fraction of sp³-hybridized carbons (Fsp3) is 0.556. The number of nitrogens with zero attached hydrogens (tertiary/aromatic N) is 2. The van der Waals surface area contributed by atoms with Gasteiger partial charge in [-0.3, -0.25) is 14.5 Å². The molecular formula is C27H38N6O2. The smallest absolute Gasteiger partial charge is 0.253 e. The van der Waals surface area contributed by atoms with E-state index in [9.17, 15) is 9.59 Å². The summed E-state index contributed by atoms with van der Waals surface area (Å²) in [6.07, 6.45) is 10.7. The fourth-order valence-electron chi connectivity index (χ4n) is 6.25. The molecule has 1 aromatic heterocycles. The van der Waals surface area contributed by atoms with Crippen LogP contribution < -0.4 is 21.7 Å². The number of H-pyrrole nitrogens is 1. The van der Waals surface area contributed by atoms with Gasteiger partial charge in [0.25, 0.3) is 5.56 Å². The van der Waals surface area contributed by atoms with Gasteiger partial charge in [-0.25, -0.2) is 0 Å². The van der Waals surface area contributed by atoms with Crippen LogP contribution in [0.3, 0.4) is 0 Å². The van der Waals surface area contributed by atoms with Crippen molar-refractivity contribution < 1.29 is 4.79 Å². The molecule has 1 saturated carbocycles. The minimum absolute atomic E-state index is 0.0120. The van der Waals surface area contributed by atoms with Crippen molar-refractivity contribution in [1.29, 1.82) is 0 Å². The molecule has 2 aliphatic heterocycles. The average Bonchev–Trinajstić information content (AvgIpc) is 3.52. The summed E-state index contributed by atoms with van der Waals surface area (Å²) in [7, 11) is 2.17. The van der Waals surface area contributed by atoms with Crippen molar-refractivity contribution in [1.82, 2.24) is 31.0 Å². The van der Waals surface area contributed by atoms with Crippen LogP contribution in [0.25, 0.3) is 0 Å². The highest BCUT2D eigenvalue weighted by Gasteiger charge is 2.51. The maximum Gasteiger partial charge on any atom is 0.253 e. The first-order valence-electron chi connectivity index (χ1n) is 12.9. The summed E-state index contributed by atoms with van der Waals surface area (Å²) in [4.78, 5) is 34.5. The van der Waals surface area contributed by atoms with Crippen LogP contribution in [-0.4, -0.2) is 60.5 Å². The van der Waals surface area contributed by atoms with Crippen molar-refractivity contribution in [2.75, 3.05) is 39.8 Å². The van der Waals surface area contributed by atoms with Gasteiger partial charge in [0.05, 0.1) is 11.1 Å². The summed E-state index contributed by atoms with van der Waals surface area (Å²) in [6.45, 7) is 9.06. The van der Waals surface area contributed by atoms with Gasteiger partial charge in [0, 0.05) is 62.3 Å². The monoisotopic (exact) mass is 478 g/mol. The largest absolute Gasteiger partial charge is 0.351 e. The Labute approximate surface area is 207 Å². The molecule has 4 aliphatic rings. The quantitative estimate of drug-likeness (QED) is 0.499. The molecule has 0 spiro atoms. The molecular weight excluding hydrogens is 440 g/mol. The number of aromatic amines is 1. The summed E-state index contributed by atoms with van der Waals surface area (Å²) >= 11 is 0. The van der Waals surface area contributed by atoms with Gasteiger partial charge in [0.15, 0.2) is 0 Å². The van der Waals surface area contributed by atoms with Crippen LogP contribution in [0.5, 0.6) is 0 Å². The summed E-state index contributed by atoms with van der Waals surface area (Å²) in [5.41, 5.74) is 11.1. The number of pyridine rings is 1. The standard InChI is InChI=1S/C27H38N6O2/c1-18-12-19(2)30-25(34)22(18)15-28-26(35)27(21-6-4-5-7-21)14-20(13-24-23(27)16-29-31-24)17-33-10-8-32(3)9-11-33/h12-14,16,21,29,31H,4-11,15,17H2,1-3H3,(H,28,35)(H,30,34). The second-order valence-electron chi connectivity index (χ2n) is 10.7. The van der Waals surface area contributed by atoms with E-state index in [4.69, 9.17) is 0 Å². The Kier molecular flexibility index (Phi) is 6.59. The van der Waals surface area contributed by atoms with E-state index in [1.54, 1.807) is 0 Å². The van der Waals surface area contributed by atoms with E-state index in [-0.39, 0.29) is 23.9 Å². The van der Waals surface area contributed by atoms with Crippen LogP contribution in [-0.2, 0) is 11.3 Å². The predicted octanol–water partition coefficient (Wildman–Crippen LogP) is 1.85. The highest BCUT2D eigenvalue weighted by Crippen LogP contribution is 2.51. The lowest BCUT2D eigenvalue weighted by molar-refractivity contribution is -0.129. The summed E-state index contributed by atoms with van der Waals surface area (Å²) in [5.74, 6) is 0.223. The molecule has 35 heavy (non-hydrogen) atoms. The maximum atomic E-state index is 14.2. The van der Waals surface area contributed by atoms with Gasteiger partial charge < -0.3 is 26.1 Å².